The van der Waals surface area contributed by atoms with E-state index >= 15 is 0 Å². The van der Waals surface area contributed by atoms with E-state index in [-0.39, 0.29) is 22.5 Å². The summed E-state index contributed by atoms with van der Waals surface area (Å²) in [5.74, 6) is -0.835. The van der Waals surface area contributed by atoms with Gasteiger partial charge in [0, 0.05) is 17.9 Å². The van der Waals surface area contributed by atoms with Crippen molar-refractivity contribution in [1.29, 1.82) is 0 Å². The molecule has 0 aromatic heterocycles. The van der Waals surface area contributed by atoms with Crippen molar-refractivity contribution < 1.29 is 9.18 Å². The summed E-state index contributed by atoms with van der Waals surface area (Å²) in [4.78, 5) is 14.1. The Bertz CT molecular complexity index is 434. The first kappa shape index (κ1) is 13.8. The van der Waals surface area contributed by atoms with Crippen molar-refractivity contribution in [2.75, 3.05) is 11.9 Å². The van der Waals surface area contributed by atoms with Crippen LogP contribution in [0, 0.1) is 5.82 Å². The predicted molar refractivity (Wildman–Crippen MR) is 73.9 cm³/mol. The molecule has 1 amide bonds. The lowest BCUT2D eigenvalue weighted by molar-refractivity contribution is 0.0730. The van der Waals surface area contributed by atoms with Gasteiger partial charge in [0.05, 0.1) is 10.6 Å². The van der Waals surface area contributed by atoms with Crippen LogP contribution in [-0.4, -0.2) is 28.7 Å². The van der Waals surface area contributed by atoms with E-state index in [1.165, 1.54) is 12.1 Å². The van der Waals surface area contributed by atoms with Gasteiger partial charge in [-0.1, -0.05) is 33.6 Å². The van der Waals surface area contributed by atoms with Crippen molar-refractivity contribution in [2.24, 2.45) is 0 Å². The quantitative estimate of drug-likeness (QED) is 0.769. The normalized spacial score (nSPS) is 19.3. The summed E-state index contributed by atoms with van der Waals surface area (Å²) in [5, 5.41) is 1.02. The average Bonchev–Trinajstić information content (AvgIpc) is 2.77. The Morgan fingerprint density at radius 1 is 1.56 bits per heavy atom. The van der Waals surface area contributed by atoms with Crippen molar-refractivity contribution in [3.63, 3.8) is 0 Å². The molecule has 0 spiro atoms. The van der Waals surface area contributed by atoms with Gasteiger partial charge < -0.3 is 4.90 Å². The molecule has 2 nitrogen and oxygen atoms in total. The second kappa shape index (κ2) is 6.02. The van der Waals surface area contributed by atoms with Crippen molar-refractivity contribution >= 4 is 33.4 Å². The van der Waals surface area contributed by atoms with Gasteiger partial charge in [-0.05, 0) is 31.4 Å². The van der Waals surface area contributed by atoms with Gasteiger partial charge in [0.1, 0.15) is 5.82 Å². The number of hydrogen-bond acceptors (Lipinski definition) is 1. The molecule has 5 heteroatoms. The molecule has 1 aromatic carbocycles. The summed E-state index contributed by atoms with van der Waals surface area (Å²) in [6, 6.07) is 4.52. The maximum atomic E-state index is 13.7. The molecule has 0 radical (unpaired) electrons. The Kier molecular flexibility index (Phi) is 4.62. The molecule has 18 heavy (non-hydrogen) atoms. The zero-order valence-electron chi connectivity index (χ0n) is 9.83. The second-order valence-corrected chi connectivity index (χ2v) is 5.57. The van der Waals surface area contributed by atoms with Crippen LogP contribution in [-0.2, 0) is 0 Å². The van der Waals surface area contributed by atoms with Crippen LogP contribution in [0.25, 0.3) is 0 Å². The Balaban J connectivity index is 2.25. The van der Waals surface area contributed by atoms with Gasteiger partial charge in [-0.15, -0.1) is 0 Å². The maximum absolute atomic E-state index is 13.7. The molecule has 0 N–H and O–H groups in total. The first-order chi connectivity index (χ1) is 8.65. The minimum atomic E-state index is -0.544. The number of halogens is 3. The molecule has 0 aliphatic carbocycles. The predicted octanol–water partition coefficient (Wildman–Crippen LogP) is 3.87. The summed E-state index contributed by atoms with van der Waals surface area (Å²) < 4.78 is 13.7. The van der Waals surface area contributed by atoms with Crippen molar-refractivity contribution in [3.8, 4) is 0 Å². The van der Waals surface area contributed by atoms with Gasteiger partial charge in [-0.3, -0.25) is 4.79 Å². The van der Waals surface area contributed by atoms with E-state index in [1.807, 2.05) is 0 Å². The monoisotopic (exact) mass is 333 g/mol. The summed E-state index contributed by atoms with van der Waals surface area (Å²) in [5.41, 5.74) is 0.000592. The fourth-order valence-electron chi connectivity index (χ4n) is 2.37. The molecular weight excluding hydrogens is 321 g/mol. The number of benzene rings is 1. The highest BCUT2D eigenvalue weighted by Crippen LogP contribution is 2.27. The van der Waals surface area contributed by atoms with Gasteiger partial charge >= 0.3 is 0 Å². The second-order valence-electron chi connectivity index (χ2n) is 4.37. The Morgan fingerprint density at radius 3 is 3.00 bits per heavy atom. The SMILES string of the molecule is O=C(c1c(F)cccc1Cl)N1CCCC1CCBr. The first-order valence-electron chi connectivity index (χ1n) is 5.96. The molecule has 1 fully saturated rings. The molecule has 1 aliphatic heterocycles. The van der Waals surface area contributed by atoms with Crippen LogP contribution in [0.5, 0.6) is 0 Å². The van der Waals surface area contributed by atoms with Crippen LogP contribution >= 0.6 is 27.5 Å². The summed E-state index contributed by atoms with van der Waals surface area (Å²) in [6.07, 6.45) is 2.83. The van der Waals surface area contributed by atoms with Crippen molar-refractivity contribution in [2.45, 2.75) is 25.3 Å². The average molecular weight is 335 g/mol. The largest absolute Gasteiger partial charge is 0.335 e. The summed E-state index contributed by atoms with van der Waals surface area (Å²) in [6.45, 7) is 0.682. The van der Waals surface area contributed by atoms with Gasteiger partial charge in [0.15, 0.2) is 0 Å². The number of amides is 1. The number of nitrogens with zero attached hydrogens (tertiary/aromatic N) is 1. The Labute approximate surface area is 119 Å². The summed E-state index contributed by atoms with van der Waals surface area (Å²) >= 11 is 9.31. The van der Waals surface area contributed by atoms with E-state index in [1.54, 1.807) is 11.0 Å². The van der Waals surface area contributed by atoms with Crippen molar-refractivity contribution in [1.82, 2.24) is 4.90 Å². The topological polar surface area (TPSA) is 20.3 Å². The number of carbonyl (C=O) groups is 1. The van der Waals surface area contributed by atoms with E-state index in [9.17, 15) is 9.18 Å². The third kappa shape index (κ3) is 2.69. The molecule has 0 bridgehead atoms. The minimum absolute atomic E-state index is 0.000592. The number of carbonyl (C=O) groups excluding carboxylic acids is 1. The van der Waals surface area contributed by atoms with Crippen LogP contribution in [0.4, 0.5) is 4.39 Å². The molecule has 1 aromatic rings. The lowest BCUT2D eigenvalue weighted by Gasteiger charge is -2.24. The molecule has 0 saturated carbocycles. The molecule has 1 aliphatic rings. The van der Waals surface area contributed by atoms with Gasteiger partial charge in [-0.2, -0.15) is 0 Å². The van der Waals surface area contributed by atoms with E-state index in [0.29, 0.717) is 6.54 Å². The van der Waals surface area contributed by atoms with Crippen LogP contribution in [0.3, 0.4) is 0 Å². The smallest absolute Gasteiger partial charge is 0.258 e. The fraction of sp³-hybridized carbons (Fsp3) is 0.462. The maximum Gasteiger partial charge on any atom is 0.258 e. The molecule has 1 saturated heterocycles. The molecular formula is C13H14BrClFNO. The number of rotatable bonds is 3. The lowest BCUT2D eigenvalue weighted by Crippen LogP contribution is -2.36. The van der Waals surface area contributed by atoms with Gasteiger partial charge in [-0.25, -0.2) is 4.39 Å². The van der Waals surface area contributed by atoms with Crippen LogP contribution in [0.2, 0.25) is 5.02 Å². The molecule has 1 heterocycles. The minimum Gasteiger partial charge on any atom is -0.335 e. The van der Waals surface area contributed by atoms with Crippen LogP contribution in [0.15, 0.2) is 18.2 Å². The van der Waals surface area contributed by atoms with Crippen LogP contribution in [0.1, 0.15) is 29.6 Å². The standard InChI is InChI=1S/C13H14BrClFNO/c14-7-6-9-3-2-8-17(9)13(18)12-10(15)4-1-5-11(12)16/h1,4-5,9H,2-3,6-8H2. The van der Waals surface area contributed by atoms with E-state index in [2.05, 4.69) is 15.9 Å². The first-order valence-corrected chi connectivity index (χ1v) is 7.46. The zero-order valence-corrected chi connectivity index (χ0v) is 12.2. The number of likely N-dealkylation sites (tertiary alicyclic amines) is 1. The lowest BCUT2D eigenvalue weighted by atomic mass is 10.1. The van der Waals surface area contributed by atoms with Crippen molar-refractivity contribution in [3.05, 3.63) is 34.6 Å². The van der Waals surface area contributed by atoms with E-state index in [4.69, 9.17) is 11.6 Å². The van der Waals surface area contributed by atoms with Gasteiger partial charge in [0.25, 0.3) is 5.91 Å². The highest BCUT2D eigenvalue weighted by Gasteiger charge is 2.31. The summed E-state index contributed by atoms with van der Waals surface area (Å²) in [7, 11) is 0. The third-order valence-electron chi connectivity index (χ3n) is 3.26. The molecule has 1 atom stereocenters. The number of hydrogen-bond donors (Lipinski definition) is 0. The third-order valence-corrected chi connectivity index (χ3v) is 4.03. The molecule has 2 rings (SSSR count). The Hall–Kier alpha value is -0.610. The molecule has 1 unspecified atom stereocenters. The van der Waals surface area contributed by atoms with Crippen LogP contribution < -0.4 is 0 Å². The number of alkyl halides is 1. The fourth-order valence-corrected chi connectivity index (χ4v) is 3.15. The van der Waals surface area contributed by atoms with Gasteiger partial charge in [0.2, 0.25) is 0 Å². The van der Waals surface area contributed by atoms with E-state index in [0.717, 1.165) is 24.6 Å². The Morgan fingerprint density at radius 2 is 2.33 bits per heavy atom. The highest BCUT2D eigenvalue weighted by molar-refractivity contribution is 9.09. The highest BCUT2D eigenvalue weighted by atomic mass is 79.9. The zero-order chi connectivity index (χ0) is 13.1. The molecule has 98 valence electrons. The van der Waals surface area contributed by atoms with E-state index < -0.39 is 5.82 Å².